The van der Waals surface area contributed by atoms with Gasteiger partial charge in [-0.3, -0.25) is 9.74 Å². The monoisotopic (exact) mass is 342 g/mol. The molecule has 0 saturated carbocycles. The van der Waals surface area contributed by atoms with E-state index in [0.29, 0.717) is 13.2 Å². The predicted molar refractivity (Wildman–Crippen MR) is 96.8 cm³/mol. The number of nitrogens with one attached hydrogen (secondary N) is 1. The van der Waals surface area contributed by atoms with E-state index in [1.54, 1.807) is 0 Å². The zero-order chi connectivity index (χ0) is 17.2. The van der Waals surface area contributed by atoms with Gasteiger partial charge in [0.25, 0.3) is 0 Å². The second-order valence-corrected chi connectivity index (χ2v) is 6.01. The summed E-state index contributed by atoms with van der Waals surface area (Å²) in [6.45, 7) is 5.58. The van der Waals surface area contributed by atoms with Crippen molar-refractivity contribution in [3.05, 3.63) is 71.8 Å². The maximum atomic E-state index is 6.05. The fourth-order valence-corrected chi connectivity index (χ4v) is 2.73. The van der Waals surface area contributed by atoms with E-state index in [1.165, 1.54) is 0 Å². The first-order chi connectivity index (χ1) is 12.4. The van der Waals surface area contributed by atoms with Crippen molar-refractivity contribution in [1.82, 2.24) is 10.4 Å². The van der Waals surface area contributed by atoms with Crippen molar-refractivity contribution in [1.29, 1.82) is 0 Å². The molecule has 25 heavy (non-hydrogen) atoms. The minimum atomic E-state index is -0.286. The molecule has 1 heterocycles. The molecular weight excluding hydrogens is 316 g/mol. The molecule has 5 heteroatoms. The summed E-state index contributed by atoms with van der Waals surface area (Å²) in [6.07, 6.45) is -0.286. The Kier molecular flexibility index (Phi) is 7.42. The molecule has 0 radical (unpaired) electrons. The SMILES string of the molecule is c1ccc(CONC(OCCN2CCOCC2)c2ccccc2)cc1. The number of hydrogen-bond acceptors (Lipinski definition) is 5. The topological polar surface area (TPSA) is 43.0 Å². The summed E-state index contributed by atoms with van der Waals surface area (Å²) in [5, 5.41) is 0. The Morgan fingerprint density at radius 1 is 0.960 bits per heavy atom. The van der Waals surface area contributed by atoms with Crippen LogP contribution in [0.15, 0.2) is 60.7 Å². The highest BCUT2D eigenvalue weighted by molar-refractivity contribution is 5.17. The Morgan fingerprint density at radius 2 is 1.64 bits per heavy atom. The van der Waals surface area contributed by atoms with Crippen LogP contribution in [-0.2, 0) is 20.9 Å². The van der Waals surface area contributed by atoms with E-state index in [0.717, 1.165) is 44.0 Å². The summed E-state index contributed by atoms with van der Waals surface area (Å²) in [7, 11) is 0. The van der Waals surface area contributed by atoms with Gasteiger partial charge in [-0.25, -0.2) is 0 Å². The van der Waals surface area contributed by atoms with Gasteiger partial charge < -0.3 is 9.47 Å². The second-order valence-electron chi connectivity index (χ2n) is 6.01. The number of ether oxygens (including phenoxy) is 2. The van der Waals surface area contributed by atoms with Crippen LogP contribution >= 0.6 is 0 Å². The quantitative estimate of drug-likeness (QED) is 0.561. The van der Waals surface area contributed by atoms with Gasteiger partial charge in [-0.05, 0) is 11.1 Å². The van der Waals surface area contributed by atoms with Crippen LogP contribution in [0.1, 0.15) is 17.4 Å². The lowest BCUT2D eigenvalue weighted by Crippen LogP contribution is -2.39. The van der Waals surface area contributed by atoms with Gasteiger partial charge in [-0.1, -0.05) is 60.7 Å². The number of rotatable bonds is 9. The number of nitrogens with zero attached hydrogens (tertiary/aromatic N) is 1. The third kappa shape index (κ3) is 6.23. The number of morpholine rings is 1. The van der Waals surface area contributed by atoms with Gasteiger partial charge in [0.05, 0.1) is 26.4 Å². The lowest BCUT2D eigenvalue weighted by molar-refractivity contribution is -0.105. The van der Waals surface area contributed by atoms with Crippen LogP contribution in [0.3, 0.4) is 0 Å². The third-order valence-corrected chi connectivity index (χ3v) is 4.17. The molecule has 1 saturated heterocycles. The lowest BCUT2D eigenvalue weighted by Gasteiger charge is -2.27. The summed E-state index contributed by atoms with van der Waals surface area (Å²) >= 11 is 0. The number of benzene rings is 2. The Hall–Kier alpha value is -1.76. The van der Waals surface area contributed by atoms with Crippen molar-refractivity contribution in [2.24, 2.45) is 0 Å². The summed E-state index contributed by atoms with van der Waals surface area (Å²) in [5.74, 6) is 0. The predicted octanol–water partition coefficient (Wildman–Crippen LogP) is 2.76. The Morgan fingerprint density at radius 3 is 2.36 bits per heavy atom. The fraction of sp³-hybridized carbons (Fsp3) is 0.400. The van der Waals surface area contributed by atoms with Crippen molar-refractivity contribution < 1.29 is 14.3 Å². The van der Waals surface area contributed by atoms with Crippen LogP contribution in [0.25, 0.3) is 0 Å². The molecule has 2 aromatic carbocycles. The molecule has 2 aromatic rings. The summed E-state index contributed by atoms with van der Waals surface area (Å²) < 4.78 is 11.4. The Balaban J connectivity index is 1.48. The molecule has 0 bridgehead atoms. The molecule has 0 spiro atoms. The highest BCUT2D eigenvalue weighted by Gasteiger charge is 2.14. The first-order valence-corrected chi connectivity index (χ1v) is 8.80. The standard InChI is InChI=1S/C20H26N2O3/c1-3-7-18(8-4-1)17-25-21-20(19-9-5-2-6-10-19)24-16-13-22-11-14-23-15-12-22/h1-10,20-21H,11-17H2. The van der Waals surface area contributed by atoms with Crippen molar-refractivity contribution in [3.8, 4) is 0 Å². The molecule has 1 aliphatic rings. The van der Waals surface area contributed by atoms with Gasteiger partial charge in [0.15, 0.2) is 6.23 Å². The first kappa shape index (κ1) is 18.0. The van der Waals surface area contributed by atoms with E-state index in [1.807, 2.05) is 60.7 Å². The average molecular weight is 342 g/mol. The maximum Gasteiger partial charge on any atom is 0.156 e. The molecule has 0 aromatic heterocycles. The van der Waals surface area contributed by atoms with Crippen LogP contribution in [0.4, 0.5) is 0 Å². The smallest absolute Gasteiger partial charge is 0.156 e. The van der Waals surface area contributed by atoms with Gasteiger partial charge in [0.1, 0.15) is 0 Å². The molecule has 1 fully saturated rings. The van der Waals surface area contributed by atoms with E-state index in [9.17, 15) is 0 Å². The van der Waals surface area contributed by atoms with Gasteiger partial charge in [0.2, 0.25) is 0 Å². The third-order valence-electron chi connectivity index (χ3n) is 4.17. The molecular formula is C20H26N2O3. The zero-order valence-electron chi connectivity index (χ0n) is 14.5. The molecule has 1 aliphatic heterocycles. The van der Waals surface area contributed by atoms with Crippen LogP contribution in [0, 0.1) is 0 Å². The zero-order valence-corrected chi connectivity index (χ0v) is 14.5. The molecule has 1 N–H and O–H groups in total. The first-order valence-electron chi connectivity index (χ1n) is 8.80. The lowest BCUT2D eigenvalue weighted by atomic mass is 10.2. The van der Waals surface area contributed by atoms with Gasteiger partial charge >= 0.3 is 0 Å². The highest BCUT2D eigenvalue weighted by atomic mass is 16.7. The summed E-state index contributed by atoms with van der Waals surface area (Å²) in [5.41, 5.74) is 5.23. The molecule has 0 aliphatic carbocycles. The average Bonchev–Trinajstić information content (AvgIpc) is 2.69. The minimum Gasteiger partial charge on any atom is -0.379 e. The summed E-state index contributed by atoms with van der Waals surface area (Å²) in [6, 6.07) is 20.2. The van der Waals surface area contributed by atoms with E-state index < -0.39 is 0 Å². The number of hydrogen-bond donors (Lipinski definition) is 1. The molecule has 3 rings (SSSR count). The molecule has 1 atom stereocenters. The Bertz CT molecular complexity index is 588. The Labute approximate surface area is 149 Å². The van der Waals surface area contributed by atoms with E-state index >= 15 is 0 Å². The summed E-state index contributed by atoms with van der Waals surface area (Å²) in [4.78, 5) is 8.03. The molecule has 5 nitrogen and oxygen atoms in total. The van der Waals surface area contributed by atoms with Crippen molar-refractivity contribution in [3.63, 3.8) is 0 Å². The number of hydroxylamine groups is 1. The van der Waals surface area contributed by atoms with Crippen molar-refractivity contribution >= 4 is 0 Å². The molecule has 1 unspecified atom stereocenters. The van der Waals surface area contributed by atoms with Crippen molar-refractivity contribution in [2.75, 3.05) is 39.5 Å². The van der Waals surface area contributed by atoms with Crippen LogP contribution in [0.5, 0.6) is 0 Å². The highest BCUT2D eigenvalue weighted by Crippen LogP contribution is 2.15. The van der Waals surface area contributed by atoms with Gasteiger partial charge in [-0.15, -0.1) is 0 Å². The fourth-order valence-electron chi connectivity index (χ4n) is 2.73. The van der Waals surface area contributed by atoms with Crippen LogP contribution in [-0.4, -0.2) is 44.4 Å². The van der Waals surface area contributed by atoms with Crippen LogP contribution in [0.2, 0.25) is 0 Å². The van der Waals surface area contributed by atoms with E-state index in [-0.39, 0.29) is 6.23 Å². The largest absolute Gasteiger partial charge is 0.379 e. The van der Waals surface area contributed by atoms with Crippen molar-refractivity contribution in [2.45, 2.75) is 12.8 Å². The minimum absolute atomic E-state index is 0.286. The van der Waals surface area contributed by atoms with Gasteiger partial charge in [-0.2, -0.15) is 5.48 Å². The molecule has 0 amide bonds. The van der Waals surface area contributed by atoms with E-state index in [2.05, 4.69) is 10.4 Å². The normalized spacial score (nSPS) is 16.6. The van der Waals surface area contributed by atoms with E-state index in [4.69, 9.17) is 14.3 Å². The van der Waals surface area contributed by atoms with Gasteiger partial charge in [0, 0.05) is 19.6 Å². The van der Waals surface area contributed by atoms with Crippen LogP contribution < -0.4 is 5.48 Å². The maximum absolute atomic E-state index is 6.05. The second kappa shape index (κ2) is 10.3. The molecule has 134 valence electrons.